The van der Waals surface area contributed by atoms with Crippen LogP contribution in [0.5, 0.6) is 0 Å². The lowest BCUT2D eigenvalue weighted by atomic mass is 10.00. The Labute approximate surface area is 178 Å². The number of piperidine rings is 1. The van der Waals surface area contributed by atoms with Crippen LogP contribution in [0.4, 0.5) is 4.79 Å². The predicted molar refractivity (Wildman–Crippen MR) is 121 cm³/mol. The van der Waals surface area contributed by atoms with Crippen molar-refractivity contribution in [1.29, 1.82) is 0 Å². The summed E-state index contributed by atoms with van der Waals surface area (Å²) in [4.78, 5) is 22.0. The molecule has 2 aromatic carbocycles. The molecule has 0 bridgehead atoms. The van der Waals surface area contributed by atoms with E-state index in [0.29, 0.717) is 6.54 Å². The van der Waals surface area contributed by atoms with Crippen molar-refractivity contribution in [2.24, 2.45) is 0 Å². The number of carbonyl (C=O) groups is 1. The molecule has 1 aliphatic heterocycles. The highest BCUT2D eigenvalue weighted by Gasteiger charge is 2.30. The molecule has 2 atom stereocenters. The topological polar surface area (TPSA) is 48.5 Å². The smallest absolute Gasteiger partial charge is 0.319 e. The summed E-state index contributed by atoms with van der Waals surface area (Å²) in [6, 6.07) is 18.4. The number of benzene rings is 2. The average molecular weight is 403 g/mol. The van der Waals surface area contributed by atoms with Gasteiger partial charge in [-0.2, -0.15) is 0 Å². The van der Waals surface area contributed by atoms with Gasteiger partial charge >= 0.3 is 6.03 Å². The summed E-state index contributed by atoms with van der Waals surface area (Å²) in [5.74, 6) is 0. The Bertz CT molecular complexity index is 985. The molecule has 5 heteroatoms. The maximum atomic E-state index is 13.5. The van der Waals surface area contributed by atoms with Crippen molar-refractivity contribution in [3.8, 4) is 0 Å². The first-order valence-corrected chi connectivity index (χ1v) is 10.8. The molecule has 1 aromatic heterocycles. The molecule has 2 amide bonds. The van der Waals surface area contributed by atoms with Gasteiger partial charge in [-0.25, -0.2) is 4.79 Å². The fourth-order valence-corrected chi connectivity index (χ4v) is 4.43. The summed E-state index contributed by atoms with van der Waals surface area (Å²) in [6.45, 7) is 3.63. The number of urea groups is 1. The molecule has 5 nitrogen and oxygen atoms in total. The molecule has 3 aromatic rings. The lowest BCUT2D eigenvalue weighted by Crippen LogP contribution is -2.54. The zero-order chi connectivity index (χ0) is 20.9. The number of aromatic nitrogens is 1. The number of rotatable bonds is 5. The van der Waals surface area contributed by atoms with Crippen molar-refractivity contribution in [1.82, 2.24) is 20.1 Å². The molecule has 0 aliphatic carbocycles. The maximum absolute atomic E-state index is 13.5. The Morgan fingerprint density at radius 1 is 1.17 bits per heavy atom. The highest BCUT2D eigenvalue weighted by atomic mass is 16.2. The third-order valence-electron chi connectivity index (χ3n) is 6.06. The standard InChI is InChI=1S/C25H30N4O/c1-19(22-13-7-11-21-10-3-4-12-23(21)22)27-25(30)29(18-20-9-8-15-26-17-20)24-14-5-6-16-28(24)2/h3-4,7-13,15,17,19,24H,5-6,14,16,18H2,1-2H3,(H,27,30). The van der Waals surface area contributed by atoms with Gasteiger partial charge in [0.15, 0.2) is 0 Å². The van der Waals surface area contributed by atoms with Crippen LogP contribution in [0.3, 0.4) is 0 Å². The van der Waals surface area contributed by atoms with Gasteiger partial charge in [0.1, 0.15) is 0 Å². The van der Waals surface area contributed by atoms with Crippen LogP contribution in [0.1, 0.15) is 43.4 Å². The van der Waals surface area contributed by atoms with Crippen LogP contribution < -0.4 is 5.32 Å². The van der Waals surface area contributed by atoms with Crippen LogP contribution in [0, 0.1) is 0 Å². The van der Waals surface area contributed by atoms with Gasteiger partial charge in [0.05, 0.1) is 18.8 Å². The number of likely N-dealkylation sites (tertiary alicyclic amines) is 1. The molecule has 1 saturated heterocycles. The fourth-order valence-electron chi connectivity index (χ4n) is 4.43. The van der Waals surface area contributed by atoms with Gasteiger partial charge in [-0.05, 0) is 67.7 Å². The van der Waals surface area contributed by atoms with Crippen molar-refractivity contribution in [2.45, 2.75) is 44.9 Å². The second kappa shape index (κ2) is 9.26. The van der Waals surface area contributed by atoms with Crippen molar-refractivity contribution < 1.29 is 4.79 Å². The summed E-state index contributed by atoms with van der Waals surface area (Å²) >= 11 is 0. The second-order valence-electron chi connectivity index (χ2n) is 8.19. The number of amides is 2. The molecule has 1 N–H and O–H groups in total. The molecule has 156 valence electrons. The minimum absolute atomic E-state index is 0.0296. The second-order valence-corrected chi connectivity index (χ2v) is 8.19. The molecule has 4 rings (SSSR count). The van der Waals surface area contributed by atoms with E-state index in [-0.39, 0.29) is 18.2 Å². The molecule has 1 aliphatic rings. The SMILES string of the molecule is CC(NC(=O)N(Cc1cccnc1)C1CCCCN1C)c1cccc2ccccc12. The molecular weight excluding hydrogens is 372 g/mol. The summed E-state index contributed by atoms with van der Waals surface area (Å²) in [5.41, 5.74) is 2.18. The summed E-state index contributed by atoms with van der Waals surface area (Å²) in [5, 5.41) is 5.64. The quantitative estimate of drug-likeness (QED) is 0.657. The first kappa shape index (κ1) is 20.4. The molecule has 0 radical (unpaired) electrons. The van der Waals surface area contributed by atoms with Crippen molar-refractivity contribution >= 4 is 16.8 Å². The van der Waals surface area contributed by atoms with Crippen molar-refractivity contribution in [3.05, 3.63) is 78.1 Å². The lowest BCUT2D eigenvalue weighted by molar-refractivity contribution is 0.0497. The largest absolute Gasteiger partial charge is 0.331 e. The van der Waals surface area contributed by atoms with E-state index in [2.05, 4.69) is 59.5 Å². The van der Waals surface area contributed by atoms with E-state index in [0.717, 1.165) is 30.5 Å². The Kier molecular flexibility index (Phi) is 6.29. The predicted octanol–water partition coefficient (Wildman–Crippen LogP) is 4.95. The van der Waals surface area contributed by atoms with Crippen molar-refractivity contribution in [2.75, 3.05) is 13.6 Å². The Morgan fingerprint density at radius 2 is 2.00 bits per heavy atom. The number of carbonyl (C=O) groups excluding carboxylic acids is 1. The zero-order valence-corrected chi connectivity index (χ0v) is 17.8. The van der Waals surface area contributed by atoms with Crippen LogP contribution in [-0.4, -0.2) is 40.6 Å². The number of hydrogen-bond donors (Lipinski definition) is 1. The Morgan fingerprint density at radius 3 is 2.80 bits per heavy atom. The highest BCUT2D eigenvalue weighted by molar-refractivity contribution is 5.86. The lowest BCUT2D eigenvalue weighted by Gasteiger charge is -2.41. The minimum Gasteiger partial charge on any atom is -0.331 e. The van der Waals surface area contributed by atoms with E-state index in [1.54, 1.807) is 6.20 Å². The van der Waals surface area contributed by atoms with E-state index in [4.69, 9.17) is 0 Å². The first-order chi connectivity index (χ1) is 14.6. The Balaban J connectivity index is 1.57. The number of hydrogen-bond acceptors (Lipinski definition) is 3. The third-order valence-corrected chi connectivity index (χ3v) is 6.06. The molecule has 1 fully saturated rings. The van der Waals surface area contributed by atoms with Gasteiger partial charge in [0.25, 0.3) is 0 Å². The van der Waals surface area contributed by atoms with E-state index < -0.39 is 0 Å². The number of fused-ring (bicyclic) bond motifs is 1. The number of nitrogens with zero attached hydrogens (tertiary/aromatic N) is 3. The van der Waals surface area contributed by atoms with Gasteiger partial charge in [0.2, 0.25) is 0 Å². The van der Waals surface area contributed by atoms with E-state index in [1.807, 2.05) is 35.4 Å². The van der Waals surface area contributed by atoms with Crippen molar-refractivity contribution in [3.63, 3.8) is 0 Å². The van der Waals surface area contributed by atoms with E-state index >= 15 is 0 Å². The summed E-state index contributed by atoms with van der Waals surface area (Å²) in [7, 11) is 2.11. The maximum Gasteiger partial charge on any atom is 0.319 e. The van der Waals surface area contributed by atoms with E-state index in [1.165, 1.54) is 17.2 Å². The summed E-state index contributed by atoms with van der Waals surface area (Å²) < 4.78 is 0. The van der Waals surface area contributed by atoms with Gasteiger partial charge in [-0.3, -0.25) is 9.88 Å². The van der Waals surface area contributed by atoms with Crippen LogP contribution in [0.15, 0.2) is 67.0 Å². The fraction of sp³-hybridized carbons (Fsp3) is 0.360. The molecular formula is C25H30N4O. The third kappa shape index (κ3) is 4.46. The van der Waals surface area contributed by atoms with Gasteiger partial charge in [-0.1, -0.05) is 48.5 Å². The average Bonchev–Trinajstić information content (AvgIpc) is 2.78. The normalized spacial score (nSPS) is 18.1. The van der Waals surface area contributed by atoms with Gasteiger partial charge in [0, 0.05) is 12.4 Å². The van der Waals surface area contributed by atoms with Gasteiger partial charge < -0.3 is 10.2 Å². The minimum atomic E-state index is -0.0890. The highest BCUT2D eigenvalue weighted by Crippen LogP contribution is 2.26. The van der Waals surface area contributed by atoms with Crippen LogP contribution in [-0.2, 0) is 6.54 Å². The summed E-state index contributed by atoms with van der Waals surface area (Å²) in [6.07, 6.45) is 7.03. The molecule has 2 unspecified atom stereocenters. The number of pyridine rings is 1. The molecule has 30 heavy (non-hydrogen) atoms. The first-order valence-electron chi connectivity index (χ1n) is 10.8. The molecule has 2 heterocycles. The number of nitrogens with one attached hydrogen (secondary N) is 1. The van der Waals surface area contributed by atoms with Gasteiger partial charge in [-0.15, -0.1) is 0 Å². The monoisotopic (exact) mass is 402 g/mol. The van der Waals surface area contributed by atoms with Crippen LogP contribution in [0.2, 0.25) is 0 Å². The molecule has 0 spiro atoms. The van der Waals surface area contributed by atoms with Crippen LogP contribution >= 0.6 is 0 Å². The van der Waals surface area contributed by atoms with E-state index in [9.17, 15) is 4.79 Å². The Hall–Kier alpha value is -2.92. The molecule has 0 saturated carbocycles. The zero-order valence-electron chi connectivity index (χ0n) is 17.8. The van der Waals surface area contributed by atoms with Crippen LogP contribution in [0.25, 0.3) is 10.8 Å².